The van der Waals surface area contributed by atoms with Crippen molar-refractivity contribution in [2.24, 2.45) is 0 Å². The first kappa shape index (κ1) is 112. The lowest BCUT2D eigenvalue weighted by Crippen LogP contribution is -2.30. The van der Waals surface area contributed by atoms with Crippen molar-refractivity contribution in [3.8, 4) is 0 Å². The smallest absolute Gasteiger partial charge is 0.463 e. The van der Waals surface area contributed by atoms with Gasteiger partial charge in [0, 0.05) is 19.3 Å². The van der Waals surface area contributed by atoms with Gasteiger partial charge in [-0.1, -0.05) is 370 Å². The molecule has 0 aliphatic heterocycles. The molecule has 0 aromatic heterocycles. The third-order valence-electron chi connectivity index (χ3n) is 19.1. The van der Waals surface area contributed by atoms with Crippen LogP contribution in [0.25, 0.3) is 0 Å². The van der Waals surface area contributed by atoms with Crippen LogP contribution in [0.15, 0.2) is 182 Å². The van der Waals surface area contributed by atoms with Crippen molar-refractivity contribution in [2.75, 3.05) is 39.6 Å². The number of unbranched alkanes of at least 4 members (excludes halogenated alkanes) is 33. The number of aliphatic hydroxyl groups is 2. The summed E-state index contributed by atoms with van der Waals surface area (Å²) in [5, 5.41) is 20.7. The van der Waals surface area contributed by atoms with Crippen LogP contribution in [0.5, 0.6) is 0 Å². The third-order valence-corrected chi connectivity index (χ3v) is 21.0. The molecule has 117 heavy (non-hydrogen) atoms. The van der Waals surface area contributed by atoms with Crippen LogP contribution in [0.2, 0.25) is 0 Å². The minimum absolute atomic E-state index is 0.0755. The van der Waals surface area contributed by atoms with E-state index >= 15 is 0 Å². The molecule has 16 nitrogen and oxygen atoms in total. The van der Waals surface area contributed by atoms with Crippen LogP contribution >= 0.6 is 15.6 Å². The Labute approximate surface area is 713 Å². The summed E-state index contributed by atoms with van der Waals surface area (Å²) in [4.78, 5) is 59.0. The average molecular weight is 1670 g/mol. The molecule has 0 heterocycles. The number of esters is 3. The lowest BCUT2D eigenvalue weighted by atomic mass is 10.0. The molecule has 0 aliphatic carbocycles. The Morgan fingerprint density at radius 3 is 0.718 bits per heavy atom. The molecule has 0 aliphatic rings. The van der Waals surface area contributed by atoms with E-state index in [1.165, 1.54) is 135 Å². The standard InChI is InChI=1S/C99H166O16P2/c1-4-7-10-13-16-19-22-25-28-31-34-37-39-41-43-45-46-48-50-51-53-56-58-61-64-67-70-73-76-79-82-85-97(102)109-88-94(100)89-111-116(105,106)112-90-95(101)91-113-117(107,108)114-93-96(115-99(104)87-84-81-78-75-72-69-66-63-60-55-36-33-30-27-24-21-18-15-12-9-6-3)92-110-98(103)86-83-80-77-74-71-68-65-62-59-57-54-52-49-47-44-42-40-38-35-32-29-26-23-20-17-14-11-8-5-2/h8-9,11-12,16-21,25-30,34-38,41-44,49,52,55,63,66,94-96,100-101H,4-7,10,13-15,22-24,31-33,39-40,45-48,50-51,53-54,56-62,64-65,67-93H2,1-3H3,(H,105,106)(H,107,108)/b11-8-,12-9-,19-16-,20-17-,21-18-,28-25-,29-26-,30-27-,37-34-,38-35-,43-41-,44-42-,52-49-,55-36-,66-63-. The maximum absolute atomic E-state index is 13.1. The van der Waals surface area contributed by atoms with Gasteiger partial charge in [-0.05, 0) is 161 Å². The van der Waals surface area contributed by atoms with Gasteiger partial charge in [-0.15, -0.1) is 0 Å². The average Bonchev–Trinajstić information content (AvgIpc) is 0.900. The van der Waals surface area contributed by atoms with E-state index in [0.717, 1.165) is 173 Å². The van der Waals surface area contributed by atoms with Gasteiger partial charge in [0.05, 0.1) is 26.4 Å². The van der Waals surface area contributed by atoms with Gasteiger partial charge >= 0.3 is 33.6 Å². The summed E-state index contributed by atoms with van der Waals surface area (Å²) < 4.78 is 61.5. The highest BCUT2D eigenvalue weighted by Gasteiger charge is 2.29. The molecule has 18 heteroatoms. The quantitative estimate of drug-likeness (QED) is 0.0146. The first-order chi connectivity index (χ1) is 57.2. The van der Waals surface area contributed by atoms with Crippen molar-refractivity contribution in [3.63, 3.8) is 0 Å². The highest BCUT2D eigenvalue weighted by molar-refractivity contribution is 7.47. The Bertz CT molecular complexity index is 2860. The van der Waals surface area contributed by atoms with E-state index in [1.54, 1.807) is 0 Å². The summed E-state index contributed by atoms with van der Waals surface area (Å²) in [5.41, 5.74) is 0. The van der Waals surface area contributed by atoms with E-state index in [-0.39, 0.29) is 19.3 Å². The minimum Gasteiger partial charge on any atom is -0.463 e. The Morgan fingerprint density at radius 1 is 0.248 bits per heavy atom. The van der Waals surface area contributed by atoms with Crippen molar-refractivity contribution in [3.05, 3.63) is 182 Å². The van der Waals surface area contributed by atoms with E-state index in [0.29, 0.717) is 19.3 Å². The number of phosphoric acid groups is 2. The summed E-state index contributed by atoms with van der Waals surface area (Å²) >= 11 is 0. The van der Waals surface area contributed by atoms with Gasteiger partial charge in [0.2, 0.25) is 0 Å². The summed E-state index contributed by atoms with van der Waals surface area (Å²) in [5.74, 6) is -1.60. The SMILES string of the molecule is CC/C=C\C/C=C\C/C=C\C/C=C\C/C=C\C/C=C\CCCCCCCCCCCCC(=O)OCC(COP(=O)(O)OCC(O)COP(=O)(O)OCC(O)COC(=O)CCCCCCCCCCCCCCCCC/C=C\C/C=C\C/C=C\C/C=C\CCCCC)OC(=O)CCCCCCC/C=C\C/C=C\C/C=C\C/C=C\C/C=C\CC. The molecular formula is C99H166O16P2. The normalized spacial score (nSPS) is 14.6. The zero-order chi connectivity index (χ0) is 85.1. The molecule has 0 amide bonds. The zero-order valence-corrected chi connectivity index (χ0v) is 75.4. The highest BCUT2D eigenvalue weighted by Crippen LogP contribution is 2.45. The number of allylic oxidation sites excluding steroid dienone is 30. The van der Waals surface area contributed by atoms with E-state index in [2.05, 4.69) is 203 Å². The lowest BCUT2D eigenvalue weighted by molar-refractivity contribution is -0.161. The molecule has 0 saturated heterocycles. The van der Waals surface area contributed by atoms with Gasteiger partial charge in [-0.3, -0.25) is 32.5 Å². The fraction of sp³-hybridized carbons (Fsp3) is 0.667. The lowest BCUT2D eigenvalue weighted by Gasteiger charge is -2.21. The Morgan fingerprint density at radius 2 is 0.453 bits per heavy atom. The second-order valence-corrected chi connectivity index (χ2v) is 33.2. The van der Waals surface area contributed by atoms with E-state index in [1.807, 2.05) is 0 Å². The van der Waals surface area contributed by atoms with Crippen LogP contribution in [0, 0.1) is 0 Å². The second kappa shape index (κ2) is 89.9. The molecule has 0 aromatic rings. The van der Waals surface area contributed by atoms with Crippen LogP contribution in [0.1, 0.15) is 367 Å². The van der Waals surface area contributed by atoms with E-state index in [9.17, 15) is 43.5 Å². The molecule has 5 unspecified atom stereocenters. The van der Waals surface area contributed by atoms with Crippen LogP contribution in [-0.4, -0.2) is 95.9 Å². The van der Waals surface area contributed by atoms with Gasteiger partial charge in [-0.25, -0.2) is 9.13 Å². The van der Waals surface area contributed by atoms with Crippen molar-refractivity contribution < 1.29 is 75.8 Å². The van der Waals surface area contributed by atoms with E-state index in [4.69, 9.17) is 32.3 Å². The molecular weight excluding hydrogens is 1510 g/mol. The number of phosphoric ester groups is 2. The van der Waals surface area contributed by atoms with Gasteiger partial charge in [-0.2, -0.15) is 0 Å². The van der Waals surface area contributed by atoms with Crippen molar-refractivity contribution in [2.45, 2.75) is 386 Å². The van der Waals surface area contributed by atoms with Crippen molar-refractivity contribution >= 4 is 33.6 Å². The van der Waals surface area contributed by atoms with Gasteiger partial charge < -0.3 is 34.2 Å². The second-order valence-electron chi connectivity index (χ2n) is 30.3. The fourth-order valence-corrected chi connectivity index (χ4v) is 13.8. The molecule has 0 radical (unpaired) electrons. The molecule has 0 rings (SSSR count). The molecule has 0 bridgehead atoms. The number of carbonyl (C=O) groups is 3. The number of carbonyl (C=O) groups excluding carboxylic acids is 3. The molecule has 5 atom stereocenters. The largest absolute Gasteiger partial charge is 0.472 e. The Hall–Kier alpha value is -5.35. The number of aliphatic hydroxyl groups excluding tert-OH is 2. The maximum atomic E-state index is 13.1. The number of ether oxygens (including phenoxy) is 3. The predicted molar refractivity (Wildman–Crippen MR) is 491 cm³/mol. The first-order valence-electron chi connectivity index (χ1n) is 46.1. The highest BCUT2D eigenvalue weighted by atomic mass is 31.2. The molecule has 0 aromatic carbocycles. The summed E-state index contributed by atoms with van der Waals surface area (Å²) in [6.45, 7) is 2.43. The Balaban J connectivity index is 4.62. The van der Waals surface area contributed by atoms with Crippen LogP contribution in [0.4, 0.5) is 0 Å². The molecule has 668 valence electrons. The van der Waals surface area contributed by atoms with Gasteiger partial charge in [0.15, 0.2) is 6.10 Å². The molecule has 0 saturated carbocycles. The van der Waals surface area contributed by atoms with Crippen LogP contribution in [0.3, 0.4) is 0 Å². The van der Waals surface area contributed by atoms with Crippen LogP contribution < -0.4 is 0 Å². The number of hydrogen-bond acceptors (Lipinski definition) is 14. The fourth-order valence-electron chi connectivity index (χ4n) is 12.2. The van der Waals surface area contributed by atoms with Crippen molar-refractivity contribution in [1.82, 2.24) is 0 Å². The zero-order valence-electron chi connectivity index (χ0n) is 73.6. The van der Waals surface area contributed by atoms with E-state index < -0.39 is 91.5 Å². The third kappa shape index (κ3) is 91.2. The maximum Gasteiger partial charge on any atom is 0.472 e. The summed E-state index contributed by atoms with van der Waals surface area (Å²) in [7, 11) is -9.82. The molecule has 4 N–H and O–H groups in total. The van der Waals surface area contributed by atoms with Crippen LogP contribution in [-0.2, 0) is 55.8 Å². The topological polar surface area (TPSA) is 231 Å². The number of rotatable bonds is 86. The molecule has 0 fully saturated rings. The molecule has 0 spiro atoms. The number of hydrogen-bond donors (Lipinski definition) is 4. The van der Waals surface area contributed by atoms with Gasteiger partial charge in [0.1, 0.15) is 25.4 Å². The Kier molecular flexibility index (Phi) is 85.8. The predicted octanol–water partition coefficient (Wildman–Crippen LogP) is 28.4. The summed E-state index contributed by atoms with van der Waals surface area (Å²) in [6.07, 6.45) is 118. The van der Waals surface area contributed by atoms with Crippen molar-refractivity contribution in [1.29, 1.82) is 0 Å². The minimum atomic E-state index is -4.95. The monoisotopic (exact) mass is 1670 g/mol. The van der Waals surface area contributed by atoms with Gasteiger partial charge in [0.25, 0.3) is 0 Å². The summed E-state index contributed by atoms with van der Waals surface area (Å²) in [6, 6.07) is 0. The first-order valence-corrected chi connectivity index (χ1v) is 49.1.